The Kier molecular flexibility index (Phi) is 16.5. The zero-order valence-electron chi connectivity index (χ0n) is 18.0. The van der Waals surface area contributed by atoms with Crippen LogP contribution in [-0.2, 0) is 12.8 Å². The zero-order valence-corrected chi connectivity index (χ0v) is 18.8. The lowest BCUT2D eigenvalue weighted by Crippen LogP contribution is -1.92. The summed E-state index contributed by atoms with van der Waals surface area (Å²) in [7, 11) is 0. The van der Waals surface area contributed by atoms with Gasteiger partial charge in [0.2, 0.25) is 0 Å². The van der Waals surface area contributed by atoms with E-state index in [4.69, 9.17) is 0 Å². The van der Waals surface area contributed by atoms with Gasteiger partial charge < -0.3 is 0 Å². The Balaban J connectivity index is 1.93. The molecule has 0 N–H and O–H groups in total. The van der Waals surface area contributed by atoms with Gasteiger partial charge >= 0.3 is 0 Å². The SMILES string of the molecule is CCCCCCCCCCCCCCc1cscc1CCCCCCC. The van der Waals surface area contributed by atoms with Gasteiger partial charge in [0.15, 0.2) is 0 Å². The van der Waals surface area contributed by atoms with E-state index in [0.29, 0.717) is 0 Å². The van der Waals surface area contributed by atoms with Gasteiger partial charge in [-0.05, 0) is 47.6 Å². The third-order valence-electron chi connectivity index (χ3n) is 5.68. The van der Waals surface area contributed by atoms with Crippen LogP contribution in [0.1, 0.15) is 134 Å². The number of hydrogen-bond donors (Lipinski definition) is 0. The topological polar surface area (TPSA) is 0 Å². The van der Waals surface area contributed by atoms with Crippen LogP contribution >= 0.6 is 11.3 Å². The molecule has 1 heterocycles. The summed E-state index contributed by atoms with van der Waals surface area (Å²) in [5, 5.41) is 4.83. The number of thiophene rings is 1. The van der Waals surface area contributed by atoms with E-state index in [1.165, 1.54) is 122 Å². The molecule has 0 saturated carbocycles. The fourth-order valence-corrected chi connectivity index (χ4v) is 4.80. The molecule has 1 heteroatoms. The van der Waals surface area contributed by atoms with E-state index in [-0.39, 0.29) is 0 Å². The molecule has 0 bridgehead atoms. The van der Waals surface area contributed by atoms with Crippen molar-refractivity contribution in [3.8, 4) is 0 Å². The molecule has 152 valence electrons. The van der Waals surface area contributed by atoms with Gasteiger partial charge in [-0.15, -0.1) is 0 Å². The minimum atomic E-state index is 1.32. The Bertz CT molecular complexity index is 393. The van der Waals surface area contributed by atoms with E-state index in [9.17, 15) is 0 Å². The van der Waals surface area contributed by atoms with Crippen molar-refractivity contribution >= 4 is 11.3 Å². The molecule has 0 aliphatic rings. The van der Waals surface area contributed by atoms with Gasteiger partial charge in [-0.3, -0.25) is 0 Å². The molecule has 0 amide bonds. The van der Waals surface area contributed by atoms with Crippen LogP contribution in [0.15, 0.2) is 10.8 Å². The summed E-state index contributed by atoms with van der Waals surface area (Å²) in [5.41, 5.74) is 3.33. The summed E-state index contributed by atoms with van der Waals surface area (Å²) in [5.74, 6) is 0. The zero-order chi connectivity index (χ0) is 18.7. The molecule has 0 spiro atoms. The van der Waals surface area contributed by atoms with Crippen LogP contribution in [0.4, 0.5) is 0 Å². The van der Waals surface area contributed by atoms with Crippen molar-refractivity contribution in [1.29, 1.82) is 0 Å². The smallest absolute Gasteiger partial charge is 0.00584 e. The number of hydrogen-bond acceptors (Lipinski definition) is 1. The number of aryl methyl sites for hydroxylation is 2. The maximum absolute atomic E-state index is 2.42. The van der Waals surface area contributed by atoms with E-state index in [0.717, 1.165) is 0 Å². The van der Waals surface area contributed by atoms with Crippen LogP contribution < -0.4 is 0 Å². The highest BCUT2D eigenvalue weighted by atomic mass is 32.1. The minimum Gasteiger partial charge on any atom is -0.152 e. The van der Waals surface area contributed by atoms with Crippen LogP contribution in [-0.4, -0.2) is 0 Å². The van der Waals surface area contributed by atoms with Crippen molar-refractivity contribution in [2.24, 2.45) is 0 Å². The average Bonchev–Trinajstić information content (AvgIpc) is 3.10. The molecule has 0 aliphatic carbocycles. The summed E-state index contributed by atoms with van der Waals surface area (Å²) in [4.78, 5) is 0. The molecular formula is C25H46S. The monoisotopic (exact) mass is 378 g/mol. The fraction of sp³-hybridized carbons (Fsp3) is 0.840. The van der Waals surface area contributed by atoms with E-state index in [1.54, 1.807) is 11.1 Å². The van der Waals surface area contributed by atoms with Crippen molar-refractivity contribution < 1.29 is 0 Å². The first kappa shape index (κ1) is 23.7. The summed E-state index contributed by atoms with van der Waals surface area (Å²) >= 11 is 1.92. The third-order valence-corrected chi connectivity index (χ3v) is 6.52. The van der Waals surface area contributed by atoms with Gasteiger partial charge in [0.1, 0.15) is 0 Å². The van der Waals surface area contributed by atoms with Crippen LogP contribution in [0.5, 0.6) is 0 Å². The molecule has 0 unspecified atom stereocenters. The van der Waals surface area contributed by atoms with Gasteiger partial charge in [-0.1, -0.05) is 110 Å². The summed E-state index contributed by atoms with van der Waals surface area (Å²) in [6, 6.07) is 0. The Morgan fingerprint density at radius 3 is 1.12 bits per heavy atom. The van der Waals surface area contributed by atoms with Crippen molar-refractivity contribution in [3.63, 3.8) is 0 Å². The highest BCUT2D eigenvalue weighted by molar-refractivity contribution is 7.08. The predicted octanol–water partition coefficient (Wildman–Crippen LogP) is 9.50. The predicted molar refractivity (Wildman–Crippen MR) is 122 cm³/mol. The first-order chi connectivity index (χ1) is 12.9. The van der Waals surface area contributed by atoms with E-state index in [2.05, 4.69) is 24.6 Å². The average molecular weight is 379 g/mol. The molecule has 0 atom stereocenters. The van der Waals surface area contributed by atoms with Crippen molar-refractivity contribution in [1.82, 2.24) is 0 Å². The van der Waals surface area contributed by atoms with E-state index < -0.39 is 0 Å². The Labute approximate surface area is 169 Å². The largest absolute Gasteiger partial charge is 0.152 e. The lowest BCUT2D eigenvalue weighted by Gasteiger charge is -2.05. The molecule has 1 aromatic rings. The lowest BCUT2D eigenvalue weighted by atomic mass is 10.00. The summed E-state index contributed by atoms with van der Waals surface area (Å²) in [6.07, 6.45) is 27.0. The summed E-state index contributed by atoms with van der Waals surface area (Å²) < 4.78 is 0. The Morgan fingerprint density at radius 2 is 0.769 bits per heavy atom. The van der Waals surface area contributed by atoms with E-state index >= 15 is 0 Å². The molecule has 0 fully saturated rings. The highest BCUT2D eigenvalue weighted by Gasteiger charge is 2.04. The quantitative estimate of drug-likeness (QED) is 0.210. The Morgan fingerprint density at radius 1 is 0.462 bits per heavy atom. The van der Waals surface area contributed by atoms with Gasteiger partial charge in [0, 0.05) is 0 Å². The van der Waals surface area contributed by atoms with E-state index in [1.807, 2.05) is 11.3 Å². The first-order valence-electron chi connectivity index (χ1n) is 11.9. The second-order valence-electron chi connectivity index (χ2n) is 8.23. The second-order valence-corrected chi connectivity index (χ2v) is 8.97. The standard InChI is InChI=1S/C25H46S/c1-3-5-7-9-10-11-12-13-14-15-17-19-21-25-23-26-22-24(25)20-18-16-8-6-4-2/h22-23H,3-21H2,1-2H3. The van der Waals surface area contributed by atoms with Gasteiger partial charge in [0.25, 0.3) is 0 Å². The molecule has 0 aliphatic heterocycles. The highest BCUT2D eigenvalue weighted by Crippen LogP contribution is 2.21. The maximum Gasteiger partial charge on any atom is -0.00584 e. The molecule has 1 aromatic heterocycles. The van der Waals surface area contributed by atoms with Crippen LogP contribution in [0.2, 0.25) is 0 Å². The normalized spacial score (nSPS) is 11.3. The molecule has 0 saturated heterocycles. The lowest BCUT2D eigenvalue weighted by molar-refractivity contribution is 0.544. The molecule has 1 rings (SSSR count). The Hall–Kier alpha value is -0.300. The van der Waals surface area contributed by atoms with Crippen LogP contribution in [0.3, 0.4) is 0 Å². The number of unbranched alkanes of at least 4 members (excludes halogenated alkanes) is 15. The maximum atomic E-state index is 2.42. The molecular weight excluding hydrogens is 332 g/mol. The van der Waals surface area contributed by atoms with Crippen molar-refractivity contribution in [2.75, 3.05) is 0 Å². The van der Waals surface area contributed by atoms with Gasteiger partial charge in [-0.25, -0.2) is 0 Å². The first-order valence-corrected chi connectivity index (χ1v) is 12.9. The minimum absolute atomic E-state index is 1.32. The van der Waals surface area contributed by atoms with Crippen molar-refractivity contribution in [2.45, 2.75) is 136 Å². The molecule has 0 radical (unpaired) electrons. The van der Waals surface area contributed by atoms with Crippen LogP contribution in [0.25, 0.3) is 0 Å². The van der Waals surface area contributed by atoms with Gasteiger partial charge in [0.05, 0.1) is 0 Å². The van der Waals surface area contributed by atoms with Crippen molar-refractivity contribution in [3.05, 3.63) is 21.9 Å². The molecule has 26 heavy (non-hydrogen) atoms. The van der Waals surface area contributed by atoms with Crippen LogP contribution in [0, 0.1) is 0 Å². The molecule has 0 aromatic carbocycles. The molecule has 0 nitrogen and oxygen atoms in total. The summed E-state index contributed by atoms with van der Waals surface area (Å²) in [6.45, 7) is 4.60. The van der Waals surface area contributed by atoms with Gasteiger partial charge in [-0.2, -0.15) is 11.3 Å². The number of rotatable bonds is 19. The third kappa shape index (κ3) is 13.0. The second kappa shape index (κ2) is 18.1. The fourth-order valence-electron chi connectivity index (χ4n) is 3.86.